The van der Waals surface area contributed by atoms with E-state index in [4.69, 9.17) is 4.74 Å². The lowest BCUT2D eigenvalue weighted by molar-refractivity contribution is 0.298. The van der Waals surface area contributed by atoms with Crippen LogP contribution in [0.5, 0.6) is 5.75 Å². The summed E-state index contributed by atoms with van der Waals surface area (Å²) in [5.41, 5.74) is 2.85. The predicted molar refractivity (Wildman–Crippen MR) is 90.3 cm³/mol. The van der Waals surface area contributed by atoms with Gasteiger partial charge in [-0.25, -0.2) is 0 Å². The fraction of sp³-hybridized carbons (Fsp3) is 0.684. The first-order chi connectivity index (χ1) is 10.0. The van der Waals surface area contributed by atoms with Crippen molar-refractivity contribution in [3.63, 3.8) is 0 Å². The molecular weight excluding hydrogens is 258 g/mol. The zero-order chi connectivity index (χ0) is 15.3. The molecule has 0 bridgehead atoms. The monoisotopic (exact) mass is 289 g/mol. The second kappa shape index (κ2) is 7.31. The molecule has 0 aromatic heterocycles. The fourth-order valence-corrected chi connectivity index (χ4v) is 2.51. The van der Waals surface area contributed by atoms with Crippen LogP contribution in [-0.4, -0.2) is 19.2 Å². The Morgan fingerprint density at radius 1 is 1.19 bits per heavy atom. The molecule has 0 heterocycles. The Hall–Kier alpha value is -1.02. The Bertz CT molecular complexity index is 443. The quantitative estimate of drug-likeness (QED) is 0.714. The molecule has 0 atom stereocenters. The zero-order valence-corrected chi connectivity index (χ0v) is 14.2. The van der Waals surface area contributed by atoms with Gasteiger partial charge < -0.3 is 10.1 Å². The number of aryl methyl sites for hydroxylation is 1. The number of nitrogens with one attached hydrogen (secondary N) is 1. The summed E-state index contributed by atoms with van der Waals surface area (Å²) >= 11 is 0. The SMILES string of the molecule is CCc1ccc(OCCCCNC2CC2)c(C(C)(C)C)c1. The van der Waals surface area contributed by atoms with E-state index in [9.17, 15) is 0 Å². The van der Waals surface area contributed by atoms with Crippen LogP contribution in [-0.2, 0) is 11.8 Å². The van der Waals surface area contributed by atoms with Crippen LogP contribution < -0.4 is 10.1 Å². The van der Waals surface area contributed by atoms with Gasteiger partial charge in [0.1, 0.15) is 5.75 Å². The summed E-state index contributed by atoms with van der Waals surface area (Å²) in [4.78, 5) is 0. The lowest BCUT2D eigenvalue weighted by atomic mass is 9.85. The smallest absolute Gasteiger partial charge is 0.123 e. The molecular formula is C19H31NO. The molecule has 118 valence electrons. The first-order valence-corrected chi connectivity index (χ1v) is 8.50. The van der Waals surface area contributed by atoms with Crippen LogP contribution in [0.2, 0.25) is 0 Å². The Morgan fingerprint density at radius 2 is 1.95 bits per heavy atom. The fourth-order valence-electron chi connectivity index (χ4n) is 2.51. The largest absolute Gasteiger partial charge is 0.493 e. The van der Waals surface area contributed by atoms with Crippen molar-refractivity contribution in [2.24, 2.45) is 0 Å². The van der Waals surface area contributed by atoms with E-state index in [1.54, 1.807) is 0 Å². The lowest BCUT2D eigenvalue weighted by Gasteiger charge is -2.23. The van der Waals surface area contributed by atoms with E-state index >= 15 is 0 Å². The molecule has 2 heteroatoms. The third kappa shape index (κ3) is 5.35. The molecule has 2 nitrogen and oxygen atoms in total. The number of unbranched alkanes of at least 4 members (excludes halogenated alkanes) is 1. The molecule has 21 heavy (non-hydrogen) atoms. The summed E-state index contributed by atoms with van der Waals surface area (Å²) < 4.78 is 6.06. The van der Waals surface area contributed by atoms with Gasteiger partial charge in [0, 0.05) is 6.04 Å². The minimum Gasteiger partial charge on any atom is -0.493 e. The van der Waals surface area contributed by atoms with Crippen molar-refractivity contribution in [2.75, 3.05) is 13.2 Å². The van der Waals surface area contributed by atoms with Gasteiger partial charge in [-0.05, 0) is 61.3 Å². The molecule has 0 spiro atoms. The highest BCUT2D eigenvalue weighted by Crippen LogP contribution is 2.32. The van der Waals surface area contributed by atoms with Crippen LogP contribution in [0.25, 0.3) is 0 Å². The van der Waals surface area contributed by atoms with Crippen LogP contribution >= 0.6 is 0 Å². The van der Waals surface area contributed by atoms with E-state index in [-0.39, 0.29) is 5.41 Å². The first kappa shape index (κ1) is 16.4. The van der Waals surface area contributed by atoms with Crippen LogP contribution in [0, 0.1) is 0 Å². The third-order valence-electron chi connectivity index (χ3n) is 4.10. The molecule has 1 saturated carbocycles. The maximum atomic E-state index is 6.06. The summed E-state index contributed by atoms with van der Waals surface area (Å²) in [5, 5.41) is 3.55. The number of rotatable bonds is 8. The molecule has 0 amide bonds. The van der Waals surface area contributed by atoms with Gasteiger partial charge in [0.15, 0.2) is 0 Å². The third-order valence-corrected chi connectivity index (χ3v) is 4.10. The summed E-state index contributed by atoms with van der Waals surface area (Å²) in [5.74, 6) is 1.06. The average Bonchev–Trinajstić information content (AvgIpc) is 3.25. The van der Waals surface area contributed by atoms with Crippen molar-refractivity contribution in [1.82, 2.24) is 5.32 Å². The highest BCUT2D eigenvalue weighted by Gasteiger charge is 2.20. The van der Waals surface area contributed by atoms with Crippen LogP contribution in [0.15, 0.2) is 18.2 Å². The Labute approximate surface area is 130 Å². The van der Waals surface area contributed by atoms with Gasteiger partial charge in [-0.15, -0.1) is 0 Å². The van der Waals surface area contributed by atoms with Gasteiger partial charge in [0.2, 0.25) is 0 Å². The number of hydrogen-bond acceptors (Lipinski definition) is 2. The van der Waals surface area contributed by atoms with Crippen LogP contribution in [0.3, 0.4) is 0 Å². The summed E-state index contributed by atoms with van der Waals surface area (Å²) in [6.45, 7) is 10.9. The van der Waals surface area contributed by atoms with E-state index in [2.05, 4.69) is 51.2 Å². The highest BCUT2D eigenvalue weighted by molar-refractivity contribution is 5.41. The molecule has 0 radical (unpaired) electrons. The topological polar surface area (TPSA) is 21.3 Å². The Morgan fingerprint density at radius 3 is 2.57 bits per heavy atom. The number of hydrogen-bond donors (Lipinski definition) is 1. The number of benzene rings is 1. The average molecular weight is 289 g/mol. The summed E-state index contributed by atoms with van der Waals surface area (Å²) in [7, 11) is 0. The van der Waals surface area contributed by atoms with Gasteiger partial charge in [0.05, 0.1) is 6.61 Å². The molecule has 0 aliphatic heterocycles. The van der Waals surface area contributed by atoms with Gasteiger partial charge in [0.25, 0.3) is 0 Å². The van der Waals surface area contributed by atoms with E-state index in [0.717, 1.165) is 37.8 Å². The van der Waals surface area contributed by atoms with E-state index in [1.807, 2.05) is 0 Å². The summed E-state index contributed by atoms with van der Waals surface area (Å²) in [6, 6.07) is 7.48. The van der Waals surface area contributed by atoms with Crippen molar-refractivity contribution in [2.45, 2.75) is 71.3 Å². The molecule has 1 N–H and O–H groups in total. The van der Waals surface area contributed by atoms with Gasteiger partial charge in [-0.1, -0.05) is 39.8 Å². The molecule has 1 fully saturated rings. The van der Waals surface area contributed by atoms with E-state index in [1.165, 1.54) is 30.4 Å². The Balaban J connectivity index is 1.83. The zero-order valence-electron chi connectivity index (χ0n) is 14.2. The van der Waals surface area contributed by atoms with Gasteiger partial charge in [-0.2, -0.15) is 0 Å². The van der Waals surface area contributed by atoms with Crippen LogP contribution in [0.4, 0.5) is 0 Å². The predicted octanol–water partition coefficient (Wildman–Crippen LogP) is 4.46. The highest BCUT2D eigenvalue weighted by atomic mass is 16.5. The minimum atomic E-state index is 0.133. The van der Waals surface area contributed by atoms with Crippen molar-refractivity contribution in [3.8, 4) is 5.75 Å². The van der Waals surface area contributed by atoms with Crippen molar-refractivity contribution < 1.29 is 4.74 Å². The lowest BCUT2D eigenvalue weighted by Crippen LogP contribution is -2.18. The molecule has 1 aliphatic carbocycles. The van der Waals surface area contributed by atoms with E-state index < -0.39 is 0 Å². The van der Waals surface area contributed by atoms with Gasteiger partial charge in [-0.3, -0.25) is 0 Å². The van der Waals surface area contributed by atoms with Crippen LogP contribution in [0.1, 0.15) is 64.5 Å². The van der Waals surface area contributed by atoms with Crippen molar-refractivity contribution >= 4 is 0 Å². The summed E-state index contributed by atoms with van der Waals surface area (Å²) in [6.07, 6.45) is 6.15. The normalized spacial score (nSPS) is 15.2. The molecule has 1 aliphatic rings. The number of ether oxygens (including phenoxy) is 1. The molecule has 0 unspecified atom stereocenters. The maximum absolute atomic E-state index is 6.06. The van der Waals surface area contributed by atoms with E-state index in [0.29, 0.717) is 0 Å². The standard InChI is InChI=1S/C19H31NO/c1-5-15-8-11-18(17(14-15)19(2,3)4)21-13-7-6-12-20-16-9-10-16/h8,11,14,16,20H,5-7,9-10,12-13H2,1-4H3. The second-order valence-electron chi connectivity index (χ2n) is 7.22. The molecule has 2 rings (SSSR count). The maximum Gasteiger partial charge on any atom is 0.123 e. The van der Waals surface area contributed by atoms with Crippen molar-refractivity contribution in [1.29, 1.82) is 0 Å². The second-order valence-corrected chi connectivity index (χ2v) is 7.22. The molecule has 0 saturated heterocycles. The van der Waals surface area contributed by atoms with Gasteiger partial charge >= 0.3 is 0 Å². The molecule has 1 aromatic carbocycles. The van der Waals surface area contributed by atoms with Crippen molar-refractivity contribution in [3.05, 3.63) is 29.3 Å². The minimum absolute atomic E-state index is 0.133. The first-order valence-electron chi connectivity index (χ1n) is 8.50. The Kier molecular flexibility index (Phi) is 5.69. The molecule has 1 aromatic rings.